The minimum Gasteiger partial charge on any atom is -0.493 e. The van der Waals surface area contributed by atoms with Gasteiger partial charge in [-0.3, -0.25) is 0 Å². The van der Waals surface area contributed by atoms with Crippen LogP contribution in [0, 0.1) is 5.92 Å². The zero-order valence-corrected chi connectivity index (χ0v) is 13.4. The fourth-order valence-corrected chi connectivity index (χ4v) is 2.47. The van der Waals surface area contributed by atoms with Crippen molar-refractivity contribution in [3.8, 4) is 11.5 Å². The number of hydrogen-bond donors (Lipinski definition) is 1. The number of ether oxygens (including phenoxy) is 2. The Balaban J connectivity index is 2.02. The van der Waals surface area contributed by atoms with Crippen molar-refractivity contribution in [2.24, 2.45) is 5.92 Å². The first kappa shape index (κ1) is 15.9. The third kappa shape index (κ3) is 5.09. The van der Waals surface area contributed by atoms with Crippen molar-refractivity contribution in [3.63, 3.8) is 0 Å². The van der Waals surface area contributed by atoms with E-state index in [1.54, 1.807) is 7.11 Å². The maximum absolute atomic E-state index is 6.11. The fourth-order valence-electron chi connectivity index (χ4n) is 2.47. The molecular formula is C18H27NO2. The molecule has 0 heterocycles. The van der Waals surface area contributed by atoms with E-state index in [-0.39, 0.29) is 6.10 Å². The zero-order valence-electron chi connectivity index (χ0n) is 13.4. The van der Waals surface area contributed by atoms with Crippen LogP contribution < -0.4 is 14.8 Å². The molecule has 0 aliphatic heterocycles. The summed E-state index contributed by atoms with van der Waals surface area (Å²) in [5.41, 5.74) is 1.23. The van der Waals surface area contributed by atoms with Gasteiger partial charge in [-0.15, -0.1) is 0 Å². The lowest BCUT2D eigenvalue weighted by Gasteiger charge is -2.20. The molecule has 0 aromatic heterocycles. The summed E-state index contributed by atoms with van der Waals surface area (Å²) in [6.45, 7) is 6.31. The molecule has 0 amide bonds. The van der Waals surface area contributed by atoms with Gasteiger partial charge in [-0.2, -0.15) is 0 Å². The first-order valence-corrected chi connectivity index (χ1v) is 7.90. The second-order valence-corrected chi connectivity index (χ2v) is 6.03. The van der Waals surface area contributed by atoms with Gasteiger partial charge in [0.25, 0.3) is 0 Å². The minimum absolute atomic E-state index is 0.173. The fraction of sp³-hybridized carbons (Fsp3) is 0.556. The SMILES string of the molecule is COc1ccc(CNCC(C)C)cc1OC1C=CCCC1. The Bertz CT molecular complexity index is 468. The molecule has 0 radical (unpaired) electrons. The molecule has 1 aliphatic rings. The Labute approximate surface area is 128 Å². The number of nitrogens with one attached hydrogen (secondary N) is 1. The molecule has 3 heteroatoms. The van der Waals surface area contributed by atoms with E-state index in [1.807, 2.05) is 6.07 Å². The van der Waals surface area contributed by atoms with Gasteiger partial charge in [0.1, 0.15) is 6.10 Å². The van der Waals surface area contributed by atoms with Crippen LogP contribution in [0.5, 0.6) is 11.5 Å². The molecule has 2 rings (SSSR count). The number of rotatable bonds is 7. The Morgan fingerprint density at radius 1 is 1.29 bits per heavy atom. The van der Waals surface area contributed by atoms with Crippen molar-refractivity contribution in [3.05, 3.63) is 35.9 Å². The van der Waals surface area contributed by atoms with Crippen LogP contribution in [-0.4, -0.2) is 19.8 Å². The maximum atomic E-state index is 6.11. The van der Waals surface area contributed by atoms with Crippen LogP contribution in [0.2, 0.25) is 0 Å². The molecule has 1 aromatic rings. The van der Waals surface area contributed by atoms with Crippen LogP contribution >= 0.6 is 0 Å². The molecule has 0 fully saturated rings. The second kappa shape index (κ2) is 8.08. The average Bonchev–Trinajstić information content (AvgIpc) is 2.48. The standard InChI is InChI=1S/C18H27NO2/c1-14(2)12-19-13-15-9-10-17(20-3)18(11-15)21-16-7-5-4-6-8-16/h5,7,9-11,14,16,19H,4,6,8,12-13H2,1-3H3. The summed E-state index contributed by atoms with van der Waals surface area (Å²) in [6, 6.07) is 6.18. The van der Waals surface area contributed by atoms with Crippen LogP contribution in [-0.2, 0) is 6.54 Å². The van der Waals surface area contributed by atoms with Gasteiger partial charge in [0, 0.05) is 6.54 Å². The predicted molar refractivity (Wildman–Crippen MR) is 86.9 cm³/mol. The van der Waals surface area contributed by atoms with E-state index in [0.29, 0.717) is 5.92 Å². The topological polar surface area (TPSA) is 30.5 Å². The van der Waals surface area contributed by atoms with E-state index >= 15 is 0 Å². The maximum Gasteiger partial charge on any atom is 0.162 e. The number of hydrogen-bond acceptors (Lipinski definition) is 3. The van der Waals surface area contributed by atoms with E-state index in [4.69, 9.17) is 9.47 Å². The van der Waals surface area contributed by atoms with Gasteiger partial charge >= 0.3 is 0 Å². The first-order chi connectivity index (χ1) is 10.2. The molecule has 1 atom stereocenters. The molecule has 1 aliphatic carbocycles. The summed E-state index contributed by atoms with van der Waals surface area (Å²) in [5, 5.41) is 3.46. The van der Waals surface area contributed by atoms with E-state index in [2.05, 4.69) is 43.4 Å². The Kier molecular flexibility index (Phi) is 6.12. The van der Waals surface area contributed by atoms with Crippen LogP contribution in [0.1, 0.15) is 38.7 Å². The molecule has 0 saturated heterocycles. The van der Waals surface area contributed by atoms with Gasteiger partial charge in [-0.25, -0.2) is 0 Å². The molecule has 0 bridgehead atoms. The molecule has 21 heavy (non-hydrogen) atoms. The predicted octanol–water partition coefficient (Wildman–Crippen LogP) is 3.93. The zero-order chi connectivity index (χ0) is 15.1. The van der Waals surface area contributed by atoms with Crippen molar-refractivity contribution in [2.45, 2.75) is 45.8 Å². The van der Waals surface area contributed by atoms with Crippen LogP contribution in [0.3, 0.4) is 0 Å². The highest BCUT2D eigenvalue weighted by molar-refractivity contribution is 5.43. The van der Waals surface area contributed by atoms with Crippen molar-refractivity contribution in [1.82, 2.24) is 5.32 Å². The molecular weight excluding hydrogens is 262 g/mol. The summed E-state index contributed by atoms with van der Waals surface area (Å²) in [4.78, 5) is 0. The van der Waals surface area contributed by atoms with E-state index in [9.17, 15) is 0 Å². The van der Waals surface area contributed by atoms with Crippen molar-refractivity contribution in [1.29, 1.82) is 0 Å². The minimum atomic E-state index is 0.173. The van der Waals surface area contributed by atoms with Gasteiger partial charge in [-0.1, -0.05) is 26.0 Å². The summed E-state index contributed by atoms with van der Waals surface area (Å²) in [5.74, 6) is 2.31. The lowest BCUT2D eigenvalue weighted by Crippen LogP contribution is -2.19. The Morgan fingerprint density at radius 3 is 2.81 bits per heavy atom. The molecule has 1 N–H and O–H groups in total. The van der Waals surface area contributed by atoms with Crippen molar-refractivity contribution in [2.75, 3.05) is 13.7 Å². The summed E-state index contributed by atoms with van der Waals surface area (Å²) >= 11 is 0. The molecule has 1 unspecified atom stereocenters. The van der Waals surface area contributed by atoms with Crippen molar-refractivity contribution >= 4 is 0 Å². The third-order valence-corrected chi connectivity index (χ3v) is 3.60. The largest absolute Gasteiger partial charge is 0.493 e. The molecule has 1 aromatic carbocycles. The second-order valence-electron chi connectivity index (χ2n) is 6.03. The van der Waals surface area contributed by atoms with Gasteiger partial charge in [0.05, 0.1) is 7.11 Å². The van der Waals surface area contributed by atoms with Crippen molar-refractivity contribution < 1.29 is 9.47 Å². The summed E-state index contributed by atoms with van der Waals surface area (Å²) in [7, 11) is 1.69. The van der Waals surface area contributed by atoms with E-state index in [1.165, 1.54) is 12.0 Å². The lowest BCUT2D eigenvalue weighted by atomic mass is 10.1. The van der Waals surface area contributed by atoms with Gasteiger partial charge in [0.15, 0.2) is 11.5 Å². The molecule has 3 nitrogen and oxygen atoms in total. The Hall–Kier alpha value is -1.48. The Morgan fingerprint density at radius 2 is 2.14 bits per heavy atom. The smallest absolute Gasteiger partial charge is 0.162 e. The molecule has 0 saturated carbocycles. The quantitative estimate of drug-likeness (QED) is 0.772. The first-order valence-electron chi connectivity index (χ1n) is 7.90. The average molecular weight is 289 g/mol. The summed E-state index contributed by atoms with van der Waals surface area (Å²) < 4.78 is 11.5. The van der Waals surface area contributed by atoms with Crippen LogP contribution in [0.25, 0.3) is 0 Å². The monoisotopic (exact) mass is 289 g/mol. The highest BCUT2D eigenvalue weighted by Crippen LogP contribution is 2.30. The molecule has 116 valence electrons. The highest BCUT2D eigenvalue weighted by atomic mass is 16.5. The lowest BCUT2D eigenvalue weighted by molar-refractivity contribution is 0.219. The number of methoxy groups -OCH3 is 1. The number of allylic oxidation sites excluding steroid dienone is 1. The van der Waals surface area contributed by atoms with Gasteiger partial charge in [-0.05, 0) is 55.5 Å². The number of benzene rings is 1. The van der Waals surface area contributed by atoms with Crippen LogP contribution in [0.4, 0.5) is 0 Å². The normalized spacial score (nSPS) is 18.0. The van der Waals surface area contributed by atoms with E-state index < -0.39 is 0 Å². The highest BCUT2D eigenvalue weighted by Gasteiger charge is 2.13. The molecule has 0 spiro atoms. The van der Waals surface area contributed by atoms with Gasteiger partial charge < -0.3 is 14.8 Å². The third-order valence-electron chi connectivity index (χ3n) is 3.60. The van der Waals surface area contributed by atoms with E-state index in [0.717, 1.165) is 37.4 Å². The summed E-state index contributed by atoms with van der Waals surface area (Å²) in [6.07, 6.45) is 7.97. The van der Waals surface area contributed by atoms with Gasteiger partial charge in [0.2, 0.25) is 0 Å². The van der Waals surface area contributed by atoms with Crippen LogP contribution in [0.15, 0.2) is 30.4 Å².